The number of aliphatic carboxylic acids is 1. The van der Waals surface area contributed by atoms with E-state index in [2.05, 4.69) is 5.32 Å². The molecule has 2 rings (SSSR count). The first-order valence-corrected chi connectivity index (χ1v) is 6.88. The molecule has 1 saturated carbocycles. The monoisotopic (exact) mass is 270 g/mol. The van der Waals surface area contributed by atoms with E-state index in [1.54, 1.807) is 11.9 Å². The smallest absolute Gasteiger partial charge is 0.310 e. The zero-order valence-corrected chi connectivity index (χ0v) is 11.3. The Labute approximate surface area is 113 Å². The van der Waals surface area contributed by atoms with E-state index >= 15 is 0 Å². The van der Waals surface area contributed by atoms with Crippen molar-refractivity contribution < 1.29 is 19.4 Å². The molecule has 0 radical (unpaired) electrons. The van der Waals surface area contributed by atoms with Gasteiger partial charge >= 0.3 is 5.97 Å². The average Bonchev–Trinajstić information content (AvgIpc) is 2.97. The van der Waals surface area contributed by atoms with Gasteiger partial charge in [0.1, 0.15) is 0 Å². The van der Waals surface area contributed by atoms with Gasteiger partial charge in [0, 0.05) is 12.1 Å². The van der Waals surface area contributed by atoms with Crippen LogP contribution in [0.2, 0.25) is 0 Å². The Morgan fingerprint density at radius 1 is 1.32 bits per heavy atom. The minimum atomic E-state index is -0.856. The summed E-state index contributed by atoms with van der Waals surface area (Å²) in [4.78, 5) is 24.8. The average molecular weight is 270 g/mol. The zero-order valence-electron chi connectivity index (χ0n) is 11.3. The first-order valence-electron chi connectivity index (χ1n) is 6.88. The van der Waals surface area contributed by atoms with E-state index in [4.69, 9.17) is 9.84 Å². The SMILES string of the molecule is CN(CC(=O)NC1CCCC1)C1COCC1C(=O)O. The molecule has 1 heterocycles. The van der Waals surface area contributed by atoms with Crippen LogP contribution in [0, 0.1) is 5.92 Å². The number of likely N-dealkylation sites (N-methyl/N-ethyl adjacent to an activating group) is 1. The van der Waals surface area contributed by atoms with Crippen molar-refractivity contribution >= 4 is 11.9 Å². The highest BCUT2D eigenvalue weighted by molar-refractivity contribution is 5.78. The quantitative estimate of drug-likeness (QED) is 0.739. The Balaban J connectivity index is 1.80. The highest BCUT2D eigenvalue weighted by atomic mass is 16.5. The minimum absolute atomic E-state index is 0.0227. The van der Waals surface area contributed by atoms with E-state index in [1.807, 2.05) is 0 Å². The molecule has 1 saturated heterocycles. The molecule has 6 heteroatoms. The first-order chi connectivity index (χ1) is 9.08. The fourth-order valence-corrected chi connectivity index (χ4v) is 2.90. The van der Waals surface area contributed by atoms with Crippen LogP contribution < -0.4 is 5.32 Å². The lowest BCUT2D eigenvalue weighted by molar-refractivity contribution is -0.143. The van der Waals surface area contributed by atoms with E-state index in [-0.39, 0.29) is 25.1 Å². The maximum Gasteiger partial charge on any atom is 0.310 e. The van der Waals surface area contributed by atoms with Crippen molar-refractivity contribution in [3.05, 3.63) is 0 Å². The van der Waals surface area contributed by atoms with Crippen molar-refractivity contribution in [2.24, 2.45) is 5.92 Å². The van der Waals surface area contributed by atoms with E-state index < -0.39 is 11.9 Å². The molecule has 0 spiro atoms. The predicted molar refractivity (Wildman–Crippen MR) is 68.8 cm³/mol. The molecule has 0 aromatic carbocycles. The highest BCUT2D eigenvalue weighted by Crippen LogP contribution is 2.19. The first kappa shape index (κ1) is 14.3. The van der Waals surface area contributed by atoms with Gasteiger partial charge in [-0.3, -0.25) is 14.5 Å². The molecule has 0 aromatic heterocycles. The molecule has 2 unspecified atom stereocenters. The Morgan fingerprint density at radius 3 is 2.63 bits per heavy atom. The number of amides is 1. The van der Waals surface area contributed by atoms with Gasteiger partial charge in [0.05, 0.1) is 25.7 Å². The van der Waals surface area contributed by atoms with Gasteiger partial charge in [0.15, 0.2) is 0 Å². The number of ether oxygens (including phenoxy) is 1. The molecule has 1 aliphatic heterocycles. The van der Waals surface area contributed by atoms with E-state index in [0.29, 0.717) is 12.6 Å². The lowest BCUT2D eigenvalue weighted by atomic mass is 10.0. The van der Waals surface area contributed by atoms with Crippen LogP contribution in [0.5, 0.6) is 0 Å². The van der Waals surface area contributed by atoms with Gasteiger partial charge < -0.3 is 15.2 Å². The summed E-state index contributed by atoms with van der Waals surface area (Å²) in [6.07, 6.45) is 4.47. The Hall–Kier alpha value is -1.14. The number of nitrogens with zero attached hydrogens (tertiary/aromatic N) is 1. The summed E-state index contributed by atoms with van der Waals surface area (Å²) in [5, 5.41) is 12.1. The third kappa shape index (κ3) is 3.67. The molecule has 108 valence electrons. The number of carboxylic acids is 1. The highest BCUT2D eigenvalue weighted by Gasteiger charge is 2.37. The van der Waals surface area contributed by atoms with Crippen molar-refractivity contribution in [3.8, 4) is 0 Å². The number of carboxylic acid groups (broad SMARTS) is 1. The molecule has 1 amide bonds. The summed E-state index contributed by atoms with van der Waals surface area (Å²) in [6, 6.07) is 0.0860. The fraction of sp³-hybridized carbons (Fsp3) is 0.846. The number of carbonyl (C=O) groups excluding carboxylic acids is 1. The molecule has 0 aromatic rings. The van der Waals surface area contributed by atoms with Crippen LogP contribution in [-0.4, -0.2) is 60.8 Å². The number of carbonyl (C=O) groups is 2. The molecule has 2 N–H and O–H groups in total. The second kappa shape index (κ2) is 6.34. The van der Waals surface area contributed by atoms with Gasteiger partial charge in [-0.05, 0) is 19.9 Å². The molecule has 2 aliphatic rings. The minimum Gasteiger partial charge on any atom is -0.481 e. The second-order valence-corrected chi connectivity index (χ2v) is 5.51. The molecule has 0 bridgehead atoms. The third-order valence-electron chi connectivity index (χ3n) is 4.05. The fourth-order valence-electron chi connectivity index (χ4n) is 2.90. The van der Waals surface area contributed by atoms with Crippen molar-refractivity contribution in [1.82, 2.24) is 10.2 Å². The number of rotatable bonds is 5. The summed E-state index contributed by atoms with van der Waals surface area (Å²) in [7, 11) is 1.78. The van der Waals surface area contributed by atoms with Crippen LogP contribution >= 0.6 is 0 Å². The summed E-state index contributed by atoms with van der Waals surface area (Å²) in [5.41, 5.74) is 0. The summed E-state index contributed by atoms with van der Waals surface area (Å²) in [6.45, 7) is 0.840. The summed E-state index contributed by atoms with van der Waals surface area (Å²) in [5.74, 6) is -1.42. The zero-order chi connectivity index (χ0) is 13.8. The largest absolute Gasteiger partial charge is 0.481 e. The molecular formula is C13H22N2O4. The van der Waals surface area contributed by atoms with Crippen LogP contribution in [0.3, 0.4) is 0 Å². The Bertz CT molecular complexity index is 342. The molecule has 1 aliphatic carbocycles. The maximum absolute atomic E-state index is 11.9. The number of nitrogens with one attached hydrogen (secondary N) is 1. The van der Waals surface area contributed by atoms with Gasteiger partial charge in [-0.25, -0.2) is 0 Å². The van der Waals surface area contributed by atoms with Crippen LogP contribution in [-0.2, 0) is 14.3 Å². The van der Waals surface area contributed by atoms with Gasteiger partial charge in [0.25, 0.3) is 0 Å². The second-order valence-electron chi connectivity index (χ2n) is 5.51. The van der Waals surface area contributed by atoms with Crippen LogP contribution in [0.15, 0.2) is 0 Å². The van der Waals surface area contributed by atoms with Crippen molar-refractivity contribution in [1.29, 1.82) is 0 Å². The lowest BCUT2D eigenvalue weighted by Gasteiger charge is -2.26. The van der Waals surface area contributed by atoms with Crippen LogP contribution in [0.1, 0.15) is 25.7 Å². The van der Waals surface area contributed by atoms with E-state index in [1.165, 1.54) is 12.8 Å². The van der Waals surface area contributed by atoms with Gasteiger partial charge in [-0.1, -0.05) is 12.8 Å². The molecule has 19 heavy (non-hydrogen) atoms. The summed E-state index contributed by atoms with van der Waals surface area (Å²) >= 11 is 0. The lowest BCUT2D eigenvalue weighted by Crippen LogP contribution is -2.47. The van der Waals surface area contributed by atoms with Crippen LogP contribution in [0.25, 0.3) is 0 Å². The standard InChI is InChI=1S/C13H22N2O4/c1-15(11-8-19-7-10(11)13(17)18)6-12(16)14-9-4-2-3-5-9/h9-11H,2-8H2,1H3,(H,14,16)(H,17,18). The van der Waals surface area contributed by atoms with Crippen molar-refractivity contribution in [2.75, 3.05) is 26.8 Å². The topological polar surface area (TPSA) is 78.9 Å². The predicted octanol–water partition coefficient (Wildman–Crippen LogP) is 0.0766. The third-order valence-corrected chi connectivity index (χ3v) is 4.05. The van der Waals surface area contributed by atoms with Gasteiger partial charge in [0.2, 0.25) is 5.91 Å². The van der Waals surface area contributed by atoms with Gasteiger partial charge in [-0.2, -0.15) is 0 Å². The van der Waals surface area contributed by atoms with Crippen molar-refractivity contribution in [2.45, 2.75) is 37.8 Å². The number of hydrogen-bond donors (Lipinski definition) is 2. The van der Waals surface area contributed by atoms with E-state index in [9.17, 15) is 9.59 Å². The maximum atomic E-state index is 11.9. The molecule has 2 atom stereocenters. The molecule has 6 nitrogen and oxygen atoms in total. The van der Waals surface area contributed by atoms with Crippen LogP contribution in [0.4, 0.5) is 0 Å². The van der Waals surface area contributed by atoms with Crippen molar-refractivity contribution in [3.63, 3.8) is 0 Å². The Kier molecular flexibility index (Phi) is 4.76. The van der Waals surface area contributed by atoms with Gasteiger partial charge in [-0.15, -0.1) is 0 Å². The summed E-state index contributed by atoms with van der Waals surface area (Å²) < 4.78 is 5.21. The molecular weight excluding hydrogens is 248 g/mol. The normalized spacial score (nSPS) is 27.9. The Morgan fingerprint density at radius 2 is 2.00 bits per heavy atom. The number of hydrogen-bond acceptors (Lipinski definition) is 4. The molecule has 2 fully saturated rings. The van der Waals surface area contributed by atoms with E-state index in [0.717, 1.165) is 12.8 Å².